The maximum Gasteiger partial charge on any atom is 0.162 e. The molecule has 1 heterocycles. The van der Waals surface area contributed by atoms with Crippen LogP contribution in [0.2, 0.25) is 0 Å². The fourth-order valence-electron chi connectivity index (χ4n) is 1.68. The van der Waals surface area contributed by atoms with Gasteiger partial charge in [0.2, 0.25) is 0 Å². The summed E-state index contributed by atoms with van der Waals surface area (Å²) in [6.45, 7) is 3.87. The molecule has 0 bridgehead atoms. The number of nitrogens with zero attached hydrogens (tertiary/aromatic N) is 2. The van der Waals surface area contributed by atoms with Crippen LogP contribution in [-0.4, -0.2) is 9.97 Å². The zero-order chi connectivity index (χ0) is 13.3. The summed E-state index contributed by atoms with van der Waals surface area (Å²) in [5, 5.41) is 0. The van der Waals surface area contributed by atoms with Crippen molar-refractivity contribution < 1.29 is 8.78 Å². The minimum Gasteiger partial charge on any atom is -0.325 e. The first-order valence-electron chi connectivity index (χ1n) is 5.52. The van der Waals surface area contributed by atoms with Crippen LogP contribution in [0.25, 0.3) is 11.4 Å². The molecular weight excluding hydrogens is 236 g/mol. The number of nitrogens with two attached hydrogens (primary N) is 1. The van der Waals surface area contributed by atoms with E-state index >= 15 is 0 Å². The summed E-state index contributed by atoms with van der Waals surface area (Å²) in [6, 6.07) is 3.20. The van der Waals surface area contributed by atoms with E-state index < -0.39 is 11.6 Å². The highest BCUT2D eigenvalue weighted by molar-refractivity contribution is 5.56. The molecule has 2 N–H and O–H groups in total. The van der Waals surface area contributed by atoms with E-state index in [9.17, 15) is 8.78 Å². The molecule has 0 saturated heterocycles. The minimum atomic E-state index is -0.553. The van der Waals surface area contributed by atoms with Gasteiger partial charge < -0.3 is 5.73 Å². The van der Waals surface area contributed by atoms with Crippen LogP contribution in [0, 0.1) is 25.5 Å². The second-order valence-corrected chi connectivity index (χ2v) is 4.03. The van der Waals surface area contributed by atoms with Crippen molar-refractivity contribution in [3.63, 3.8) is 0 Å². The number of rotatable bonds is 2. The SMILES string of the molecule is Cc1nc(-c2cc(F)ccc2F)nc(CN)c1C. The third-order valence-electron chi connectivity index (χ3n) is 2.85. The summed E-state index contributed by atoms with van der Waals surface area (Å²) >= 11 is 0. The van der Waals surface area contributed by atoms with E-state index in [4.69, 9.17) is 5.73 Å². The Morgan fingerprint density at radius 2 is 1.89 bits per heavy atom. The third kappa shape index (κ3) is 2.22. The van der Waals surface area contributed by atoms with E-state index in [-0.39, 0.29) is 17.9 Å². The van der Waals surface area contributed by atoms with Gasteiger partial charge in [0.05, 0.1) is 11.3 Å². The van der Waals surface area contributed by atoms with Crippen molar-refractivity contribution >= 4 is 0 Å². The van der Waals surface area contributed by atoms with Gasteiger partial charge in [-0.05, 0) is 37.6 Å². The van der Waals surface area contributed by atoms with Crippen LogP contribution in [0.1, 0.15) is 17.0 Å². The van der Waals surface area contributed by atoms with Crippen molar-refractivity contribution in [1.82, 2.24) is 9.97 Å². The first kappa shape index (κ1) is 12.6. The highest BCUT2D eigenvalue weighted by Crippen LogP contribution is 2.22. The molecule has 0 aliphatic heterocycles. The van der Waals surface area contributed by atoms with Gasteiger partial charge in [-0.2, -0.15) is 0 Å². The van der Waals surface area contributed by atoms with Gasteiger partial charge >= 0.3 is 0 Å². The quantitative estimate of drug-likeness (QED) is 0.889. The molecule has 1 aromatic carbocycles. The zero-order valence-corrected chi connectivity index (χ0v) is 10.2. The summed E-state index contributed by atoms with van der Waals surface area (Å²) in [7, 11) is 0. The first-order valence-corrected chi connectivity index (χ1v) is 5.52. The van der Waals surface area contributed by atoms with Gasteiger partial charge in [0.25, 0.3) is 0 Å². The normalized spacial score (nSPS) is 10.7. The van der Waals surface area contributed by atoms with Crippen LogP contribution in [0.15, 0.2) is 18.2 Å². The maximum atomic E-state index is 13.6. The van der Waals surface area contributed by atoms with Gasteiger partial charge in [0, 0.05) is 12.2 Å². The van der Waals surface area contributed by atoms with Crippen LogP contribution in [0.3, 0.4) is 0 Å². The molecule has 0 amide bonds. The van der Waals surface area contributed by atoms with E-state index in [2.05, 4.69) is 9.97 Å². The summed E-state index contributed by atoms with van der Waals surface area (Å²) in [5.74, 6) is -0.916. The van der Waals surface area contributed by atoms with Gasteiger partial charge in [0.15, 0.2) is 5.82 Å². The molecule has 94 valence electrons. The smallest absolute Gasteiger partial charge is 0.162 e. The van der Waals surface area contributed by atoms with Gasteiger partial charge in [-0.25, -0.2) is 18.7 Å². The van der Waals surface area contributed by atoms with E-state index in [1.807, 2.05) is 6.92 Å². The van der Waals surface area contributed by atoms with Crippen molar-refractivity contribution in [2.75, 3.05) is 0 Å². The Morgan fingerprint density at radius 1 is 1.17 bits per heavy atom. The largest absolute Gasteiger partial charge is 0.325 e. The van der Waals surface area contributed by atoms with Gasteiger partial charge in [-0.15, -0.1) is 0 Å². The number of aromatic nitrogens is 2. The van der Waals surface area contributed by atoms with Crippen LogP contribution in [0.5, 0.6) is 0 Å². The van der Waals surface area contributed by atoms with E-state index in [1.165, 1.54) is 0 Å². The Labute approximate surface area is 104 Å². The van der Waals surface area contributed by atoms with Crippen molar-refractivity contribution in [3.8, 4) is 11.4 Å². The minimum absolute atomic E-state index is 0.0489. The molecule has 0 aliphatic carbocycles. The Kier molecular flexibility index (Phi) is 3.34. The lowest BCUT2D eigenvalue weighted by atomic mass is 10.1. The molecule has 2 rings (SSSR count). The molecule has 0 radical (unpaired) electrons. The average Bonchev–Trinajstić information content (AvgIpc) is 2.35. The first-order chi connectivity index (χ1) is 8.52. The molecule has 0 aliphatic rings. The Balaban J connectivity index is 2.64. The molecular formula is C13H13F2N3. The number of hydrogen-bond acceptors (Lipinski definition) is 3. The van der Waals surface area contributed by atoms with Crippen LogP contribution >= 0.6 is 0 Å². The second kappa shape index (κ2) is 4.78. The molecule has 2 aromatic rings. The van der Waals surface area contributed by atoms with Crippen LogP contribution < -0.4 is 5.73 Å². The monoisotopic (exact) mass is 249 g/mol. The van der Waals surface area contributed by atoms with Crippen LogP contribution in [-0.2, 0) is 6.54 Å². The van der Waals surface area contributed by atoms with Crippen molar-refractivity contribution in [2.45, 2.75) is 20.4 Å². The lowest BCUT2D eigenvalue weighted by Crippen LogP contribution is -2.08. The summed E-state index contributed by atoms with van der Waals surface area (Å²) in [6.07, 6.45) is 0. The van der Waals surface area contributed by atoms with Crippen molar-refractivity contribution in [1.29, 1.82) is 0 Å². The molecule has 18 heavy (non-hydrogen) atoms. The van der Waals surface area contributed by atoms with Gasteiger partial charge in [-0.3, -0.25) is 0 Å². The predicted octanol–water partition coefficient (Wildman–Crippen LogP) is 2.50. The van der Waals surface area contributed by atoms with Crippen molar-refractivity contribution in [2.24, 2.45) is 5.73 Å². The van der Waals surface area contributed by atoms with Crippen LogP contribution in [0.4, 0.5) is 8.78 Å². The number of halogens is 2. The lowest BCUT2D eigenvalue weighted by Gasteiger charge is -2.09. The topological polar surface area (TPSA) is 51.8 Å². The Morgan fingerprint density at radius 3 is 2.56 bits per heavy atom. The summed E-state index contributed by atoms with van der Waals surface area (Å²) < 4.78 is 26.8. The second-order valence-electron chi connectivity index (χ2n) is 4.03. The predicted molar refractivity (Wildman–Crippen MR) is 64.7 cm³/mol. The molecule has 3 nitrogen and oxygen atoms in total. The molecule has 0 unspecified atom stereocenters. The maximum absolute atomic E-state index is 13.6. The molecule has 0 saturated carbocycles. The molecule has 5 heteroatoms. The average molecular weight is 249 g/mol. The van der Waals surface area contributed by atoms with Crippen molar-refractivity contribution in [3.05, 3.63) is 46.8 Å². The zero-order valence-electron chi connectivity index (χ0n) is 10.2. The molecule has 0 spiro atoms. The Hall–Kier alpha value is -1.88. The number of aryl methyl sites for hydroxylation is 1. The lowest BCUT2D eigenvalue weighted by molar-refractivity contribution is 0.602. The molecule has 1 aromatic heterocycles. The highest BCUT2D eigenvalue weighted by atomic mass is 19.1. The Bertz CT molecular complexity index is 597. The summed E-state index contributed by atoms with van der Waals surface area (Å²) in [4.78, 5) is 8.36. The van der Waals surface area contributed by atoms with E-state index in [0.717, 1.165) is 23.8 Å². The molecule has 0 fully saturated rings. The standard InChI is InChI=1S/C13H13F2N3/c1-7-8(2)17-13(18-12(7)6-16)10-5-9(14)3-4-11(10)15/h3-5H,6,16H2,1-2H3. The van der Waals surface area contributed by atoms with E-state index in [1.54, 1.807) is 6.92 Å². The fraction of sp³-hybridized carbons (Fsp3) is 0.231. The molecule has 0 atom stereocenters. The number of hydrogen-bond donors (Lipinski definition) is 1. The summed E-state index contributed by atoms with van der Waals surface area (Å²) in [5.41, 5.74) is 7.85. The third-order valence-corrected chi connectivity index (χ3v) is 2.85. The number of benzene rings is 1. The van der Waals surface area contributed by atoms with E-state index in [0.29, 0.717) is 11.4 Å². The van der Waals surface area contributed by atoms with Gasteiger partial charge in [-0.1, -0.05) is 0 Å². The fourth-order valence-corrected chi connectivity index (χ4v) is 1.68. The highest BCUT2D eigenvalue weighted by Gasteiger charge is 2.13. The van der Waals surface area contributed by atoms with Gasteiger partial charge in [0.1, 0.15) is 11.6 Å².